The van der Waals surface area contributed by atoms with E-state index in [-0.39, 0.29) is 21.5 Å². The maximum atomic E-state index is 11.7. The fourth-order valence-electron chi connectivity index (χ4n) is 1.31. The maximum Gasteiger partial charge on any atom is 0.321 e. The van der Waals surface area contributed by atoms with Crippen LogP contribution < -0.4 is 21.1 Å². The molecule has 1 rings (SSSR count). The first-order valence-corrected chi connectivity index (χ1v) is 6.60. The molecular weight excluding hydrogens is 305 g/mol. The first-order valence-electron chi connectivity index (χ1n) is 5.85. The zero-order chi connectivity index (χ0) is 15.3. The Labute approximate surface area is 126 Å². The minimum absolute atomic E-state index is 0.220. The number of hydrogen-bond acceptors (Lipinski definition) is 4. The van der Waals surface area contributed by atoms with E-state index >= 15 is 0 Å². The molecule has 0 aromatic heterocycles. The molecule has 20 heavy (non-hydrogen) atoms. The summed E-state index contributed by atoms with van der Waals surface area (Å²) in [5, 5.41) is 5.11. The largest absolute Gasteiger partial charge is 0.479 e. The SMILES string of the molecule is CCNC(=O)NC(=O)C(C)Oc1cc(Cl)c(Cl)cc1N. The molecule has 0 aliphatic carbocycles. The first kappa shape index (κ1) is 16.4. The van der Waals surface area contributed by atoms with Gasteiger partial charge >= 0.3 is 6.03 Å². The molecule has 1 aromatic carbocycles. The van der Waals surface area contributed by atoms with Crippen molar-refractivity contribution in [3.8, 4) is 5.75 Å². The highest BCUT2D eigenvalue weighted by atomic mass is 35.5. The zero-order valence-corrected chi connectivity index (χ0v) is 12.5. The molecule has 4 N–H and O–H groups in total. The minimum Gasteiger partial charge on any atom is -0.479 e. The van der Waals surface area contributed by atoms with Crippen LogP contribution >= 0.6 is 23.2 Å². The van der Waals surface area contributed by atoms with Crippen molar-refractivity contribution in [1.29, 1.82) is 0 Å². The molecule has 0 radical (unpaired) electrons. The first-order chi connectivity index (χ1) is 9.35. The van der Waals surface area contributed by atoms with Gasteiger partial charge in [-0.1, -0.05) is 23.2 Å². The summed E-state index contributed by atoms with van der Waals surface area (Å²) in [4.78, 5) is 22.9. The third-order valence-corrected chi connectivity index (χ3v) is 3.02. The highest BCUT2D eigenvalue weighted by Crippen LogP contribution is 2.32. The topological polar surface area (TPSA) is 93.5 Å². The van der Waals surface area contributed by atoms with Crippen LogP contribution in [0.25, 0.3) is 0 Å². The number of urea groups is 1. The molecule has 0 spiro atoms. The van der Waals surface area contributed by atoms with Crippen LogP contribution in [0.15, 0.2) is 12.1 Å². The Morgan fingerprint density at radius 1 is 1.35 bits per heavy atom. The second kappa shape index (κ2) is 7.21. The molecule has 0 saturated carbocycles. The lowest BCUT2D eigenvalue weighted by Crippen LogP contribution is -2.45. The van der Waals surface area contributed by atoms with Gasteiger partial charge in [0.05, 0.1) is 15.7 Å². The third-order valence-electron chi connectivity index (χ3n) is 2.30. The summed E-state index contributed by atoms with van der Waals surface area (Å²) >= 11 is 11.6. The van der Waals surface area contributed by atoms with Gasteiger partial charge in [0.1, 0.15) is 5.75 Å². The van der Waals surface area contributed by atoms with Gasteiger partial charge in [0, 0.05) is 12.6 Å². The number of nitrogens with one attached hydrogen (secondary N) is 2. The van der Waals surface area contributed by atoms with E-state index in [9.17, 15) is 9.59 Å². The van der Waals surface area contributed by atoms with Crippen LogP contribution in [0.1, 0.15) is 13.8 Å². The number of nitrogens with two attached hydrogens (primary N) is 1. The van der Waals surface area contributed by atoms with Crippen molar-refractivity contribution in [3.63, 3.8) is 0 Å². The van der Waals surface area contributed by atoms with E-state index in [1.807, 2.05) is 0 Å². The van der Waals surface area contributed by atoms with Gasteiger partial charge in [0.15, 0.2) is 6.10 Å². The van der Waals surface area contributed by atoms with Gasteiger partial charge in [-0.15, -0.1) is 0 Å². The highest BCUT2D eigenvalue weighted by Gasteiger charge is 2.18. The van der Waals surface area contributed by atoms with Crippen molar-refractivity contribution in [2.45, 2.75) is 20.0 Å². The number of benzene rings is 1. The average Bonchev–Trinajstić information content (AvgIpc) is 2.35. The monoisotopic (exact) mass is 319 g/mol. The van der Waals surface area contributed by atoms with Gasteiger partial charge in [-0.2, -0.15) is 0 Å². The van der Waals surface area contributed by atoms with Gasteiger partial charge in [0.25, 0.3) is 5.91 Å². The molecule has 0 heterocycles. The van der Waals surface area contributed by atoms with Gasteiger partial charge in [-0.05, 0) is 19.9 Å². The summed E-state index contributed by atoms with van der Waals surface area (Å²) in [6.07, 6.45) is -0.919. The Morgan fingerprint density at radius 2 is 1.95 bits per heavy atom. The van der Waals surface area contributed by atoms with E-state index in [2.05, 4.69) is 10.6 Å². The molecule has 3 amide bonds. The Bertz CT molecular complexity index is 523. The van der Waals surface area contributed by atoms with Crippen molar-refractivity contribution in [1.82, 2.24) is 10.6 Å². The summed E-state index contributed by atoms with van der Waals surface area (Å²) in [5.41, 5.74) is 5.96. The number of hydrogen-bond donors (Lipinski definition) is 3. The quantitative estimate of drug-likeness (QED) is 0.741. The second-order valence-corrected chi connectivity index (χ2v) is 4.73. The molecular formula is C12H15Cl2N3O3. The fourth-order valence-corrected chi connectivity index (χ4v) is 1.63. The van der Waals surface area contributed by atoms with E-state index in [0.717, 1.165) is 0 Å². The Hall–Kier alpha value is -1.66. The predicted molar refractivity (Wildman–Crippen MR) is 78.2 cm³/mol. The average molecular weight is 320 g/mol. The van der Waals surface area contributed by atoms with Crippen LogP contribution in [0.5, 0.6) is 5.75 Å². The molecule has 6 nitrogen and oxygen atoms in total. The van der Waals surface area contributed by atoms with E-state index < -0.39 is 18.0 Å². The van der Waals surface area contributed by atoms with Gasteiger partial charge in [0.2, 0.25) is 0 Å². The number of amides is 3. The number of rotatable bonds is 4. The van der Waals surface area contributed by atoms with E-state index in [4.69, 9.17) is 33.7 Å². The normalized spacial score (nSPS) is 11.6. The summed E-state index contributed by atoms with van der Waals surface area (Å²) in [6, 6.07) is 2.25. The Morgan fingerprint density at radius 3 is 2.55 bits per heavy atom. The third kappa shape index (κ3) is 4.47. The van der Waals surface area contributed by atoms with Crippen molar-refractivity contribution in [2.75, 3.05) is 12.3 Å². The molecule has 0 saturated heterocycles. The van der Waals surface area contributed by atoms with Crippen molar-refractivity contribution >= 4 is 40.8 Å². The number of halogens is 2. The van der Waals surface area contributed by atoms with Crippen molar-refractivity contribution in [2.24, 2.45) is 0 Å². The lowest BCUT2D eigenvalue weighted by molar-refractivity contribution is -0.126. The van der Waals surface area contributed by atoms with Crippen LogP contribution in [0, 0.1) is 0 Å². The van der Waals surface area contributed by atoms with Crippen LogP contribution in [0.4, 0.5) is 10.5 Å². The lowest BCUT2D eigenvalue weighted by atomic mass is 10.3. The smallest absolute Gasteiger partial charge is 0.321 e. The number of ether oxygens (including phenoxy) is 1. The van der Waals surface area contributed by atoms with Gasteiger partial charge in [-0.3, -0.25) is 10.1 Å². The highest BCUT2D eigenvalue weighted by molar-refractivity contribution is 6.42. The van der Waals surface area contributed by atoms with Crippen LogP contribution in [0.3, 0.4) is 0 Å². The number of anilines is 1. The lowest BCUT2D eigenvalue weighted by Gasteiger charge is -2.16. The summed E-state index contributed by atoms with van der Waals surface area (Å²) in [6.45, 7) is 3.63. The standard InChI is InChI=1S/C12H15Cl2N3O3/c1-3-16-12(19)17-11(18)6(2)20-10-5-8(14)7(13)4-9(10)15/h4-6H,3,15H2,1-2H3,(H2,16,17,18,19). The van der Waals surface area contributed by atoms with Crippen molar-refractivity contribution in [3.05, 3.63) is 22.2 Å². The molecule has 0 bridgehead atoms. The van der Waals surface area contributed by atoms with E-state index in [1.54, 1.807) is 6.92 Å². The molecule has 0 aliphatic heterocycles. The van der Waals surface area contributed by atoms with Crippen LogP contribution in [-0.4, -0.2) is 24.6 Å². The van der Waals surface area contributed by atoms with Gasteiger partial charge < -0.3 is 15.8 Å². The second-order valence-electron chi connectivity index (χ2n) is 3.91. The van der Waals surface area contributed by atoms with Crippen LogP contribution in [0.2, 0.25) is 10.0 Å². The molecule has 1 aromatic rings. The Balaban J connectivity index is 2.71. The summed E-state index contributed by atoms with van der Waals surface area (Å²) < 4.78 is 5.36. The molecule has 1 atom stereocenters. The minimum atomic E-state index is -0.919. The van der Waals surface area contributed by atoms with Gasteiger partial charge in [-0.25, -0.2) is 4.79 Å². The summed E-state index contributed by atoms with van der Waals surface area (Å²) in [5.74, 6) is -0.376. The molecule has 0 fully saturated rings. The van der Waals surface area contributed by atoms with E-state index in [0.29, 0.717) is 6.54 Å². The molecule has 8 heteroatoms. The molecule has 1 unspecified atom stereocenters. The number of carbonyl (C=O) groups is 2. The zero-order valence-electron chi connectivity index (χ0n) is 11.0. The summed E-state index contributed by atoms with van der Waals surface area (Å²) in [7, 11) is 0. The molecule has 110 valence electrons. The van der Waals surface area contributed by atoms with Crippen LogP contribution in [-0.2, 0) is 4.79 Å². The van der Waals surface area contributed by atoms with Crippen molar-refractivity contribution < 1.29 is 14.3 Å². The molecule has 0 aliphatic rings. The number of carbonyl (C=O) groups excluding carboxylic acids is 2. The fraction of sp³-hybridized carbons (Fsp3) is 0.333. The number of nitrogen functional groups attached to an aromatic ring is 1. The van der Waals surface area contributed by atoms with E-state index in [1.165, 1.54) is 19.1 Å². The predicted octanol–water partition coefficient (Wildman–Crippen LogP) is 2.19. The Kier molecular flexibility index (Phi) is 5.91. The number of imide groups is 1. The maximum absolute atomic E-state index is 11.7.